The van der Waals surface area contributed by atoms with Gasteiger partial charge >= 0.3 is 0 Å². The third-order valence-corrected chi connectivity index (χ3v) is 3.84. The van der Waals surface area contributed by atoms with Crippen LogP contribution < -0.4 is 11.5 Å². The molecule has 1 saturated carbocycles. The first-order valence-electron chi connectivity index (χ1n) is 5.80. The number of anilines is 1. The Kier molecular flexibility index (Phi) is 2.86. The summed E-state index contributed by atoms with van der Waals surface area (Å²) in [6, 6.07) is 5.34. The van der Waals surface area contributed by atoms with Crippen LogP contribution in [0.4, 0.5) is 5.69 Å². The molecule has 0 unspecified atom stereocenters. The Balaban J connectivity index is 1.95. The highest BCUT2D eigenvalue weighted by atomic mass is 32.2. The second-order valence-corrected chi connectivity index (χ2v) is 5.37. The normalized spacial score (nSPS) is 14.5. The first kappa shape index (κ1) is 12.0. The van der Waals surface area contributed by atoms with Gasteiger partial charge in [0.05, 0.1) is 11.6 Å². The van der Waals surface area contributed by atoms with E-state index in [1.165, 1.54) is 11.8 Å². The van der Waals surface area contributed by atoms with Crippen LogP contribution in [0, 0.1) is 0 Å². The summed E-state index contributed by atoms with van der Waals surface area (Å²) in [7, 11) is 0. The third kappa shape index (κ3) is 2.39. The number of carbonyl (C=O) groups is 1. The lowest BCUT2D eigenvalue weighted by Crippen LogP contribution is -2.12. The maximum Gasteiger partial charge on any atom is 0.249 e. The van der Waals surface area contributed by atoms with Crippen molar-refractivity contribution in [2.45, 2.75) is 28.9 Å². The molecule has 1 heterocycles. The van der Waals surface area contributed by atoms with Gasteiger partial charge < -0.3 is 11.5 Å². The molecule has 0 atom stereocenters. The highest BCUT2D eigenvalue weighted by Crippen LogP contribution is 2.38. The zero-order chi connectivity index (χ0) is 13.4. The number of rotatable bonds is 4. The predicted molar refractivity (Wildman–Crippen MR) is 69.6 cm³/mol. The maximum absolute atomic E-state index is 11.4. The number of tetrazole rings is 1. The Morgan fingerprint density at radius 1 is 1.42 bits per heavy atom. The number of hydrogen-bond acceptors (Lipinski definition) is 6. The summed E-state index contributed by atoms with van der Waals surface area (Å²) in [6.07, 6.45) is 2.16. The van der Waals surface area contributed by atoms with E-state index in [1.54, 1.807) is 22.9 Å². The fourth-order valence-electron chi connectivity index (χ4n) is 1.73. The van der Waals surface area contributed by atoms with Crippen molar-refractivity contribution < 1.29 is 4.79 Å². The van der Waals surface area contributed by atoms with Crippen molar-refractivity contribution in [1.29, 1.82) is 0 Å². The number of benzene rings is 1. The Hall–Kier alpha value is -2.09. The fraction of sp³-hybridized carbons (Fsp3) is 0.273. The van der Waals surface area contributed by atoms with Crippen LogP contribution in [-0.2, 0) is 0 Å². The van der Waals surface area contributed by atoms with Crippen molar-refractivity contribution in [3.05, 3.63) is 23.8 Å². The van der Waals surface area contributed by atoms with E-state index in [-0.39, 0.29) is 0 Å². The molecule has 4 N–H and O–H groups in total. The SMILES string of the molecule is NC(=O)c1ccc(N)cc1Sc1nnnn1C1CC1. The van der Waals surface area contributed by atoms with Crippen LogP contribution in [-0.4, -0.2) is 26.1 Å². The number of nitrogens with two attached hydrogens (primary N) is 2. The molecular formula is C11H12N6OS. The molecule has 3 rings (SSSR count). The van der Waals surface area contributed by atoms with Gasteiger partial charge in [-0.15, -0.1) is 5.10 Å². The molecule has 0 spiro atoms. The van der Waals surface area contributed by atoms with Gasteiger partial charge in [0.2, 0.25) is 11.1 Å². The molecule has 0 radical (unpaired) electrons. The number of primary amides is 1. The van der Waals surface area contributed by atoms with E-state index in [0.717, 1.165) is 12.8 Å². The molecule has 1 aliphatic carbocycles. The Labute approximate surface area is 113 Å². The van der Waals surface area contributed by atoms with Crippen LogP contribution in [0.25, 0.3) is 0 Å². The fourth-order valence-corrected chi connectivity index (χ4v) is 2.75. The second kappa shape index (κ2) is 4.54. The number of nitrogens with zero attached hydrogens (tertiary/aromatic N) is 4. The maximum atomic E-state index is 11.4. The van der Waals surface area contributed by atoms with Crippen LogP contribution in [0.15, 0.2) is 28.3 Å². The standard InChI is InChI=1S/C11H12N6OS/c12-6-1-4-8(10(13)18)9(5-6)19-11-14-15-16-17(11)7-2-3-7/h1,4-5,7H,2-3,12H2,(H2,13,18). The van der Waals surface area contributed by atoms with E-state index in [4.69, 9.17) is 11.5 Å². The molecule has 2 aromatic rings. The molecule has 0 bridgehead atoms. The smallest absolute Gasteiger partial charge is 0.249 e. The van der Waals surface area contributed by atoms with Gasteiger partial charge in [0.1, 0.15) is 0 Å². The van der Waals surface area contributed by atoms with Gasteiger partial charge in [0.15, 0.2) is 0 Å². The summed E-state index contributed by atoms with van der Waals surface area (Å²) in [6.45, 7) is 0. The van der Waals surface area contributed by atoms with E-state index in [1.807, 2.05) is 0 Å². The molecule has 0 saturated heterocycles. The number of aromatic nitrogens is 4. The van der Waals surface area contributed by atoms with Gasteiger partial charge in [0.25, 0.3) is 0 Å². The first-order chi connectivity index (χ1) is 9.15. The van der Waals surface area contributed by atoms with Gasteiger partial charge in [0, 0.05) is 10.6 Å². The van der Waals surface area contributed by atoms with Gasteiger partial charge in [-0.3, -0.25) is 4.79 Å². The summed E-state index contributed by atoms with van der Waals surface area (Å²) in [4.78, 5) is 12.1. The van der Waals surface area contributed by atoms with Crippen LogP contribution >= 0.6 is 11.8 Å². The lowest BCUT2D eigenvalue weighted by Gasteiger charge is -2.07. The van der Waals surface area contributed by atoms with Gasteiger partial charge in [-0.05, 0) is 53.2 Å². The van der Waals surface area contributed by atoms with Crippen molar-refractivity contribution in [1.82, 2.24) is 20.2 Å². The van der Waals surface area contributed by atoms with Gasteiger partial charge in [-0.2, -0.15) is 0 Å². The number of nitrogen functional groups attached to an aromatic ring is 1. The molecule has 0 aliphatic heterocycles. The van der Waals surface area contributed by atoms with Crippen molar-refractivity contribution in [3.8, 4) is 0 Å². The molecular weight excluding hydrogens is 264 g/mol. The monoisotopic (exact) mass is 276 g/mol. The molecule has 7 nitrogen and oxygen atoms in total. The molecule has 1 aromatic heterocycles. The van der Waals surface area contributed by atoms with Gasteiger partial charge in [-0.1, -0.05) is 0 Å². The van der Waals surface area contributed by atoms with E-state index < -0.39 is 5.91 Å². The minimum Gasteiger partial charge on any atom is -0.399 e. The molecule has 1 amide bonds. The lowest BCUT2D eigenvalue weighted by molar-refractivity contribution is 0.0997. The summed E-state index contributed by atoms with van der Waals surface area (Å²) in [5, 5.41) is 12.3. The summed E-state index contributed by atoms with van der Waals surface area (Å²) < 4.78 is 1.78. The Morgan fingerprint density at radius 3 is 2.89 bits per heavy atom. The molecule has 1 fully saturated rings. The summed E-state index contributed by atoms with van der Waals surface area (Å²) in [5.41, 5.74) is 12.1. The average molecular weight is 276 g/mol. The van der Waals surface area contributed by atoms with Crippen molar-refractivity contribution in [3.63, 3.8) is 0 Å². The van der Waals surface area contributed by atoms with Crippen molar-refractivity contribution in [2.75, 3.05) is 5.73 Å². The number of carbonyl (C=O) groups excluding carboxylic acids is 1. The van der Waals surface area contributed by atoms with E-state index in [0.29, 0.717) is 27.3 Å². The van der Waals surface area contributed by atoms with Crippen molar-refractivity contribution >= 4 is 23.4 Å². The average Bonchev–Trinajstić information content (AvgIpc) is 3.10. The predicted octanol–water partition coefficient (Wildman–Crippen LogP) is 0.840. The minimum atomic E-state index is -0.493. The van der Waals surface area contributed by atoms with Crippen LogP contribution in [0.2, 0.25) is 0 Å². The topological polar surface area (TPSA) is 113 Å². The Bertz CT molecular complexity index is 636. The van der Waals surface area contributed by atoms with Crippen LogP contribution in [0.5, 0.6) is 0 Å². The molecule has 1 aliphatic rings. The number of hydrogen-bond donors (Lipinski definition) is 2. The quantitative estimate of drug-likeness (QED) is 0.800. The molecule has 8 heteroatoms. The first-order valence-corrected chi connectivity index (χ1v) is 6.62. The minimum absolute atomic E-state index is 0.371. The summed E-state index contributed by atoms with van der Waals surface area (Å²) in [5.74, 6) is -0.493. The molecule has 98 valence electrons. The zero-order valence-electron chi connectivity index (χ0n) is 9.98. The highest BCUT2D eigenvalue weighted by molar-refractivity contribution is 7.99. The largest absolute Gasteiger partial charge is 0.399 e. The highest BCUT2D eigenvalue weighted by Gasteiger charge is 2.28. The second-order valence-electron chi connectivity index (χ2n) is 4.36. The summed E-state index contributed by atoms with van der Waals surface area (Å²) >= 11 is 1.30. The third-order valence-electron chi connectivity index (χ3n) is 2.83. The van der Waals surface area contributed by atoms with E-state index in [9.17, 15) is 4.79 Å². The lowest BCUT2D eigenvalue weighted by atomic mass is 10.2. The Morgan fingerprint density at radius 2 is 2.21 bits per heavy atom. The zero-order valence-corrected chi connectivity index (χ0v) is 10.8. The molecule has 19 heavy (non-hydrogen) atoms. The van der Waals surface area contributed by atoms with Crippen LogP contribution in [0.3, 0.4) is 0 Å². The number of amides is 1. The van der Waals surface area contributed by atoms with Gasteiger partial charge in [-0.25, -0.2) is 4.68 Å². The molecule has 1 aromatic carbocycles. The van der Waals surface area contributed by atoms with E-state index >= 15 is 0 Å². The van der Waals surface area contributed by atoms with Crippen molar-refractivity contribution in [2.24, 2.45) is 5.73 Å². The van der Waals surface area contributed by atoms with E-state index in [2.05, 4.69) is 15.5 Å². The van der Waals surface area contributed by atoms with Crippen LogP contribution in [0.1, 0.15) is 29.2 Å².